The summed E-state index contributed by atoms with van der Waals surface area (Å²) in [6.07, 6.45) is 5.30. The quantitative estimate of drug-likeness (QED) is 0.191. The first-order valence-corrected chi connectivity index (χ1v) is 24.4. The van der Waals surface area contributed by atoms with Crippen molar-refractivity contribution in [3.05, 3.63) is 129 Å². The van der Waals surface area contributed by atoms with E-state index in [1.165, 1.54) is 52.8 Å². The second-order valence-corrected chi connectivity index (χ2v) is 28.8. The molecule has 3 heteroatoms. The van der Waals surface area contributed by atoms with Gasteiger partial charge in [-0.15, -0.1) is 0 Å². The Morgan fingerprint density at radius 2 is 0.857 bits per heavy atom. The van der Waals surface area contributed by atoms with Gasteiger partial charge in [0.15, 0.2) is 0 Å². The zero-order valence-corrected chi connectivity index (χ0v) is 35.2. The van der Waals surface area contributed by atoms with Crippen LogP contribution in [0.1, 0.15) is 110 Å². The normalized spacial score (nSPS) is 18.4. The fraction of sp³-hybridized carbons (Fsp3) is 0.391. The van der Waals surface area contributed by atoms with E-state index in [0.717, 1.165) is 0 Å². The van der Waals surface area contributed by atoms with Crippen LogP contribution in [0.3, 0.4) is 0 Å². The minimum atomic E-state index is -2.82. The number of fused-ring (bicyclic) bond motifs is 2. The second kappa shape index (κ2) is 13.8. The zero-order valence-electron chi connectivity index (χ0n) is 31.2. The van der Waals surface area contributed by atoms with Crippen LogP contribution < -0.4 is 24.8 Å². The summed E-state index contributed by atoms with van der Waals surface area (Å²) in [5, 5.41) is 0. The second-order valence-electron chi connectivity index (χ2n) is 17.5. The van der Waals surface area contributed by atoms with E-state index in [1.807, 2.05) is 0 Å². The Morgan fingerprint density at radius 1 is 0.510 bits per heavy atom. The summed E-state index contributed by atoms with van der Waals surface area (Å²) in [6, 6.07) is 33.3. The van der Waals surface area contributed by atoms with Crippen molar-refractivity contribution >= 4 is 12.2 Å². The SMILES string of the molecule is CC(C)C1=Cc2c(-c3ccc(C(C)(C)C)cc3)cccc2[CH]1[Zr+2]1([CH]2C(C(C)C)=Cc3c(-c4ccc(C(C)(C)C)cc4)cccc32)[CH2][CH2]1.[Cl-].[Cl-]. The van der Waals surface area contributed by atoms with Crippen LogP contribution in [0.15, 0.2) is 96.1 Å². The zero-order chi connectivity index (χ0) is 33.5. The van der Waals surface area contributed by atoms with Crippen molar-refractivity contribution in [1.29, 1.82) is 0 Å². The molecule has 0 N–H and O–H groups in total. The van der Waals surface area contributed by atoms with Crippen molar-refractivity contribution in [2.24, 2.45) is 11.8 Å². The third kappa shape index (κ3) is 6.67. The van der Waals surface area contributed by atoms with E-state index >= 15 is 0 Å². The predicted molar refractivity (Wildman–Crippen MR) is 202 cm³/mol. The summed E-state index contributed by atoms with van der Waals surface area (Å²) in [5.41, 5.74) is 18.4. The van der Waals surface area contributed by atoms with E-state index in [4.69, 9.17) is 0 Å². The van der Waals surface area contributed by atoms with Crippen LogP contribution in [0.25, 0.3) is 34.4 Å². The number of rotatable bonds is 6. The van der Waals surface area contributed by atoms with Crippen molar-refractivity contribution in [2.45, 2.75) is 95.6 Å². The Hall–Kier alpha value is -2.18. The van der Waals surface area contributed by atoms with Gasteiger partial charge in [-0.3, -0.25) is 0 Å². The largest absolute Gasteiger partial charge is 1.00 e. The number of allylic oxidation sites excluding steroid dienone is 2. The Bertz CT molecular complexity index is 1750. The molecule has 0 amide bonds. The standard InChI is InChI=1S/2C22H25.C2H4.2ClH.Zr/c2*1-15(2)18-13-17-7-6-8-20(21(17)14-18)16-9-11-19(12-10-16)22(3,4)5;1-2;;;/h2*6-15H,1-5H3;1-2H2;2*1H;/q;;;;;+2/p-2. The summed E-state index contributed by atoms with van der Waals surface area (Å²) in [5.74, 6) is 1.11. The molecule has 0 saturated carbocycles. The molecular weight excluding hydrogens is 715 g/mol. The van der Waals surface area contributed by atoms with E-state index in [2.05, 4.69) is 166 Å². The Labute approximate surface area is 314 Å². The van der Waals surface area contributed by atoms with Gasteiger partial charge in [0.2, 0.25) is 0 Å². The maximum Gasteiger partial charge on any atom is -1.00 e. The van der Waals surface area contributed by atoms with E-state index in [1.54, 1.807) is 22.3 Å². The summed E-state index contributed by atoms with van der Waals surface area (Å²) >= 11 is -2.82. The number of benzene rings is 4. The summed E-state index contributed by atoms with van der Waals surface area (Å²) < 4.78 is 4.29. The molecule has 2 aliphatic carbocycles. The molecule has 0 spiro atoms. The Kier molecular flexibility index (Phi) is 10.7. The summed E-state index contributed by atoms with van der Waals surface area (Å²) in [4.78, 5) is 0. The predicted octanol–water partition coefficient (Wildman–Crippen LogP) is 7.52. The minimum Gasteiger partial charge on any atom is -1.00 e. The smallest absolute Gasteiger partial charge is 1.00 e. The molecule has 4 aromatic carbocycles. The summed E-state index contributed by atoms with van der Waals surface area (Å²) in [6.45, 7) is 23.6. The number of hydrogen-bond acceptors (Lipinski definition) is 0. The van der Waals surface area contributed by atoms with Gasteiger partial charge in [-0.1, -0.05) is 0 Å². The van der Waals surface area contributed by atoms with E-state index in [0.29, 0.717) is 19.1 Å². The van der Waals surface area contributed by atoms with Gasteiger partial charge in [-0.2, -0.15) is 0 Å². The first-order chi connectivity index (χ1) is 22.2. The molecule has 0 aromatic heterocycles. The van der Waals surface area contributed by atoms with Gasteiger partial charge in [-0.25, -0.2) is 0 Å². The van der Waals surface area contributed by atoms with Gasteiger partial charge < -0.3 is 24.8 Å². The van der Waals surface area contributed by atoms with E-state index in [9.17, 15) is 0 Å². The van der Waals surface area contributed by atoms with Gasteiger partial charge >= 0.3 is 292 Å². The van der Waals surface area contributed by atoms with E-state index in [-0.39, 0.29) is 35.6 Å². The molecular formula is C46H54Cl2Zr. The molecule has 1 heterocycles. The van der Waals surface area contributed by atoms with Gasteiger partial charge in [0.25, 0.3) is 0 Å². The van der Waals surface area contributed by atoms with Crippen LogP contribution in [0.2, 0.25) is 8.26 Å². The van der Waals surface area contributed by atoms with Gasteiger partial charge in [0.05, 0.1) is 0 Å². The first kappa shape index (κ1) is 38.1. The van der Waals surface area contributed by atoms with Crippen LogP contribution >= 0.6 is 0 Å². The first-order valence-electron chi connectivity index (χ1n) is 18.1. The molecule has 1 aliphatic heterocycles. The van der Waals surface area contributed by atoms with Gasteiger partial charge in [0, 0.05) is 0 Å². The van der Waals surface area contributed by atoms with Crippen LogP contribution in [-0.2, 0) is 31.1 Å². The molecule has 7 rings (SSSR count). The average Bonchev–Trinajstić information content (AvgIpc) is 3.53. The fourth-order valence-electron chi connectivity index (χ4n) is 8.83. The van der Waals surface area contributed by atoms with Crippen LogP contribution in [0.5, 0.6) is 0 Å². The molecule has 3 aliphatic rings. The van der Waals surface area contributed by atoms with Crippen LogP contribution in [0.4, 0.5) is 0 Å². The third-order valence-electron chi connectivity index (χ3n) is 11.6. The Balaban J connectivity index is 0.00000234. The molecule has 4 aromatic rings. The van der Waals surface area contributed by atoms with Crippen molar-refractivity contribution < 1.29 is 45.1 Å². The molecule has 1 fully saturated rings. The molecule has 1 saturated heterocycles. The molecule has 2 unspecified atom stereocenters. The van der Waals surface area contributed by atoms with Crippen LogP contribution in [-0.4, -0.2) is 0 Å². The third-order valence-corrected chi connectivity index (χ3v) is 24.5. The monoisotopic (exact) mass is 766 g/mol. The summed E-state index contributed by atoms with van der Waals surface area (Å²) in [7, 11) is 0. The van der Waals surface area contributed by atoms with Crippen LogP contribution in [0, 0.1) is 11.8 Å². The molecule has 0 bridgehead atoms. The minimum absolute atomic E-state index is 0. The van der Waals surface area contributed by atoms with Gasteiger partial charge in [0.1, 0.15) is 0 Å². The molecule has 49 heavy (non-hydrogen) atoms. The maximum atomic E-state index is 2.65. The van der Waals surface area contributed by atoms with Gasteiger partial charge in [-0.05, 0) is 0 Å². The maximum absolute atomic E-state index is 2.82. The number of hydrogen-bond donors (Lipinski definition) is 0. The Morgan fingerprint density at radius 3 is 1.14 bits per heavy atom. The molecule has 0 nitrogen and oxygen atoms in total. The van der Waals surface area contributed by atoms with E-state index < -0.39 is 20.3 Å². The van der Waals surface area contributed by atoms with Crippen molar-refractivity contribution in [3.8, 4) is 22.3 Å². The van der Waals surface area contributed by atoms with Crippen molar-refractivity contribution in [2.75, 3.05) is 0 Å². The topological polar surface area (TPSA) is 0 Å². The molecule has 2 atom stereocenters. The van der Waals surface area contributed by atoms with Crippen molar-refractivity contribution in [1.82, 2.24) is 0 Å². The molecule has 256 valence electrons. The van der Waals surface area contributed by atoms with Crippen molar-refractivity contribution in [3.63, 3.8) is 0 Å². The number of halogens is 2. The fourth-order valence-corrected chi connectivity index (χ4v) is 27.0. The molecule has 0 radical (unpaired) electrons. The average molecular weight is 769 g/mol.